The second-order valence-corrected chi connectivity index (χ2v) is 12.4. The van der Waals surface area contributed by atoms with Gasteiger partial charge in [-0.05, 0) is 93.1 Å². The Hall–Kier alpha value is -4.26. The van der Waals surface area contributed by atoms with E-state index in [1.54, 1.807) is 24.3 Å². The average molecular weight is 616 g/mol. The van der Waals surface area contributed by atoms with E-state index in [-0.39, 0.29) is 13.0 Å². The zero-order chi connectivity index (χ0) is 31.7. The second kappa shape index (κ2) is 12.2. The van der Waals surface area contributed by atoms with E-state index in [1.807, 2.05) is 27.7 Å². The molecule has 0 spiro atoms. The number of fused-ring (bicyclic) bond motifs is 1. The van der Waals surface area contributed by atoms with Crippen LogP contribution in [0.25, 0.3) is 0 Å². The highest BCUT2D eigenvalue weighted by atomic mass is 32.2. The molecule has 1 fully saturated rings. The van der Waals surface area contributed by atoms with Crippen LogP contribution in [0, 0.1) is 20.8 Å². The molecule has 2 aromatic rings. The molecule has 0 radical (unpaired) electrons. The van der Waals surface area contributed by atoms with Crippen molar-refractivity contribution < 1.29 is 53.5 Å². The number of nitrogens with zero attached hydrogens (tertiary/aromatic N) is 1. The van der Waals surface area contributed by atoms with Crippen molar-refractivity contribution >= 4 is 40.8 Å². The van der Waals surface area contributed by atoms with Crippen LogP contribution >= 0.6 is 11.8 Å². The number of carboxylic acid groups (broad SMARTS) is 3. The fraction of sp³-hybridized carbons (Fsp3) is 0.433. The number of hydrogen-bond acceptors (Lipinski definition) is 9. The summed E-state index contributed by atoms with van der Waals surface area (Å²) in [6.07, 6.45) is 0.592. The predicted octanol–water partition coefficient (Wildman–Crippen LogP) is 3.77. The standard InChI is InChI=1S/C30H33NO11S/c1-16-17(2)26-21(18(3)25(16)40-14-24(36)37)9-10-29(4,42-26)15-41-20-7-5-19(6-8-20)11-30(12-22(32)33)27(38)31(13-23(34)35)28(39)43-30/h5-8H,9-15H2,1-4H3,(H,32,33)(H,34,35)(H,36,37). The van der Waals surface area contributed by atoms with Crippen LogP contribution < -0.4 is 14.2 Å². The minimum Gasteiger partial charge on any atom is -0.489 e. The maximum absolute atomic E-state index is 13.0. The Balaban J connectivity index is 1.45. The average Bonchev–Trinajstić information content (AvgIpc) is 3.14. The van der Waals surface area contributed by atoms with Crippen LogP contribution in [0.15, 0.2) is 24.3 Å². The molecule has 43 heavy (non-hydrogen) atoms. The number of benzene rings is 2. The fourth-order valence-corrected chi connectivity index (χ4v) is 6.62. The zero-order valence-electron chi connectivity index (χ0n) is 24.2. The third-order valence-electron chi connectivity index (χ3n) is 7.73. The Morgan fingerprint density at radius 1 is 0.953 bits per heavy atom. The molecule has 2 amide bonds. The number of amides is 2. The number of carboxylic acids is 3. The Bertz CT molecular complexity index is 1490. The number of carbonyl (C=O) groups is 5. The third kappa shape index (κ3) is 6.71. The van der Waals surface area contributed by atoms with E-state index in [0.29, 0.717) is 46.6 Å². The van der Waals surface area contributed by atoms with Gasteiger partial charge in [-0.25, -0.2) is 4.79 Å². The summed E-state index contributed by atoms with van der Waals surface area (Å²) in [5.41, 5.74) is 3.42. The lowest BCUT2D eigenvalue weighted by Crippen LogP contribution is -2.44. The first-order valence-electron chi connectivity index (χ1n) is 13.5. The lowest BCUT2D eigenvalue weighted by Gasteiger charge is -2.38. The van der Waals surface area contributed by atoms with Crippen molar-refractivity contribution in [1.29, 1.82) is 0 Å². The summed E-state index contributed by atoms with van der Waals surface area (Å²) in [7, 11) is 0. The summed E-state index contributed by atoms with van der Waals surface area (Å²) in [4.78, 5) is 59.7. The monoisotopic (exact) mass is 615 g/mol. The summed E-state index contributed by atoms with van der Waals surface area (Å²) in [6.45, 7) is 6.57. The summed E-state index contributed by atoms with van der Waals surface area (Å²) in [5.74, 6) is -2.73. The number of rotatable bonds is 12. The normalized spacial score (nSPS) is 21.3. The Morgan fingerprint density at radius 2 is 1.63 bits per heavy atom. The summed E-state index contributed by atoms with van der Waals surface area (Å²) in [5, 5.41) is 26.7. The van der Waals surface area contributed by atoms with E-state index in [4.69, 9.17) is 24.4 Å². The topological polar surface area (TPSA) is 177 Å². The molecule has 2 aliphatic heterocycles. The molecule has 2 atom stereocenters. The highest BCUT2D eigenvalue weighted by Gasteiger charge is 2.54. The number of aliphatic carboxylic acids is 3. The molecule has 0 aromatic heterocycles. The number of imide groups is 1. The molecule has 0 saturated carbocycles. The van der Waals surface area contributed by atoms with Gasteiger partial charge in [-0.3, -0.25) is 24.1 Å². The lowest BCUT2D eigenvalue weighted by molar-refractivity contribution is -0.144. The van der Waals surface area contributed by atoms with Gasteiger partial charge < -0.3 is 29.5 Å². The number of ether oxygens (including phenoxy) is 3. The molecule has 3 N–H and O–H groups in total. The first kappa shape index (κ1) is 31.7. The number of hydrogen-bond donors (Lipinski definition) is 3. The maximum atomic E-state index is 13.0. The van der Waals surface area contributed by atoms with Crippen molar-refractivity contribution in [1.82, 2.24) is 4.90 Å². The van der Waals surface area contributed by atoms with Crippen molar-refractivity contribution in [3.63, 3.8) is 0 Å². The summed E-state index contributed by atoms with van der Waals surface area (Å²) in [6, 6.07) is 6.70. The van der Waals surface area contributed by atoms with E-state index >= 15 is 0 Å². The molecule has 0 aliphatic carbocycles. The fourth-order valence-electron chi connectivity index (χ4n) is 5.40. The van der Waals surface area contributed by atoms with Gasteiger partial charge in [0, 0.05) is 5.56 Å². The molecule has 2 heterocycles. The Labute approximate surface area is 251 Å². The highest BCUT2D eigenvalue weighted by Crippen LogP contribution is 2.45. The van der Waals surface area contributed by atoms with Crippen LogP contribution in [0.4, 0.5) is 4.79 Å². The Kier molecular flexibility index (Phi) is 8.95. The van der Waals surface area contributed by atoms with Crippen LogP contribution in [0.1, 0.15) is 47.6 Å². The summed E-state index contributed by atoms with van der Waals surface area (Å²) < 4.78 is 16.4. The van der Waals surface area contributed by atoms with Gasteiger partial charge in [-0.2, -0.15) is 0 Å². The SMILES string of the molecule is Cc1c(C)c2c(c(C)c1OCC(=O)O)CCC(C)(COc1ccc(CC3(CC(=O)O)SC(=O)N(CC(=O)O)C3=O)cc1)O2. The molecular weight excluding hydrogens is 582 g/mol. The van der Waals surface area contributed by atoms with Crippen molar-refractivity contribution in [3.8, 4) is 17.2 Å². The largest absolute Gasteiger partial charge is 0.489 e. The predicted molar refractivity (Wildman–Crippen MR) is 154 cm³/mol. The van der Waals surface area contributed by atoms with Crippen molar-refractivity contribution in [2.45, 2.75) is 63.7 Å². The molecule has 2 unspecified atom stereocenters. The van der Waals surface area contributed by atoms with Crippen LogP contribution in [-0.4, -0.2) is 79.4 Å². The minimum absolute atomic E-state index is 0.0846. The minimum atomic E-state index is -1.65. The van der Waals surface area contributed by atoms with Crippen LogP contribution in [0.5, 0.6) is 17.2 Å². The molecule has 230 valence electrons. The smallest absolute Gasteiger partial charge is 0.341 e. The summed E-state index contributed by atoms with van der Waals surface area (Å²) >= 11 is 0.541. The lowest BCUT2D eigenvalue weighted by atomic mass is 9.87. The number of thioether (sulfide) groups is 1. The first-order chi connectivity index (χ1) is 20.1. The van der Waals surface area contributed by atoms with E-state index in [2.05, 4.69) is 0 Å². The maximum Gasteiger partial charge on any atom is 0.341 e. The highest BCUT2D eigenvalue weighted by molar-refractivity contribution is 8.16. The van der Waals surface area contributed by atoms with Crippen LogP contribution in [0.3, 0.4) is 0 Å². The third-order valence-corrected chi connectivity index (χ3v) is 8.98. The molecule has 4 rings (SSSR count). The van der Waals surface area contributed by atoms with Gasteiger partial charge >= 0.3 is 17.9 Å². The number of carbonyl (C=O) groups excluding carboxylic acids is 2. The van der Waals surface area contributed by atoms with E-state index in [0.717, 1.165) is 28.0 Å². The first-order valence-corrected chi connectivity index (χ1v) is 14.3. The van der Waals surface area contributed by atoms with Gasteiger partial charge in [0.25, 0.3) is 5.24 Å². The van der Waals surface area contributed by atoms with Crippen LogP contribution in [-0.2, 0) is 32.0 Å². The van der Waals surface area contributed by atoms with Gasteiger partial charge in [0.15, 0.2) is 6.61 Å². The molecule has 0 bridgehead atoms. The van der Waals surface area contributed by atoms with Gasteiger partial charge in [0.05, 0.1) is 6.42 Å². The van der Waals surface area contributed by atoms with Crippen molar-refractivity contribution in [2.75, 3.05) is 19.8 Å². The molecule has 2 aromatic carbocycles. The molecular formula is C30H33NO11S. The quantitative estimate of drug-likeness (QED) is 0.315. The van der Waals surface area contributed by atoms with Gasteiger partial charge in [-0.15, -0.1) is 0 Å². The zero-order valence-corrected chi connectivity index (χ0v) is 25.0. The van der Waals surface area contributed by atoms with Crippen molar-refractivity contribution in [2.24, 2.45) is 0 Å². The second-order valence-electron chi connectivity index (χ2n) is 11.1. The van der Waals surface area contributed by atoms with Crippen LogP contribution in [0.2, 0.25) is 0 Å². The van der Waals surface area contributed by atoms with Crippen molar-refractivity contribution in [3.05, 3.63) is 52.1 Å². The van der Waals surface area contributed by atoms with Gasteiger partial charge in [0.2, 0.25) is 5.91 Å². The van der Waals surface area contributed by atoms with E-state index in [9.17, 15) is 29.1 Å². The Morgan fingerprint density at radius 3 is 2.23 bits per heavy atom. The molecule has 1 saturated heterocycles. The van der Waals surface area contributed by atoms with Gasteiger partial charge in [-0.1, -0.05) is 12.1 Å². The van der Waals surface area contributed by atoms with E-state index < -0.39 is 59.0 Å². The molecule has 13 heteroatoms. The van der Waals surface area contributed by atoms with Gasteiger partial charge in [0.1, 0.15) is 40.7 Å². The molecule has 2 aliphatic rings. The molecule has 12 nitrogen and oxygen atoms in total. The van der Waals surface area contributed by atoms with E-state index in [1.165, 1.54) is 0 Å².